The molecule has 1 N–H and O–H groups in total. The number of carbonyl (C=O) groups is 1. The third kappa shape index (κ3) is 1.69. The van der Waals surface area contributed by atoms with E-state index in [9.17, 15) is 4.79 Å². The van der Waals surface area contributed by atoms with Gasteiger partial charge >= 0.3 is 0 Å². The van der Waals surface area contributed by atoms with Crippen LogP contribution in [0.5, 0.6) is 0 Å². The number of carbonyl (C=O) groups excluding carboxylic acids is 1. The van der Waals surface area contributed by atoms with Gasteiger partial charge < -0.3 is 5.32 Å². The van der Waals surface area contributed by atoms with Crippen molar-refractivity contribution in [1.82, 2.24) is 0 Å². The summed E-state index contributed by atoms with van der Waals surface area (Å²) in [6.45, 7) is 0. The van der Waals surface area contributed by atoms with Crippen LogP contribution in [0, 0.1) is 5.92 Å². The Balaban J connectivity index is 1.92. The lowest BCUT2D eigenvalue weighted by atomic mass is 10.0. The molecular formula is C12H12BrNO. The number of benzene rings is 1. The molecule has 1 aromatic carbocycles. The normalized spacial score (nSPS) is 21.0. The predicted molar refractivity (Wildman–Crippen MR) is 63.2 cm³/mol. The lowest BCUT2D eigenvalue weighted by Gasteiger charge is -2.09. The van der Waals surface area contributed by atoms with Crippen molar-refractivity contribution in [2.45, 2.75) is 24.1 Å². The summed E-state index contributed by atoms with van der Waals surface area (Å²) in [6.07, 6.45) is 3.18. The van der Waals surface area contributed by atoms with Crippen LogP contribution in [0.2, 0.25) is 0 Å². The molecule has 3 rings (SSSR count). The van der Waals surface area contributed by atoms with Crippen LogP contribution in [0.15, 0.2) is 18.2 Å². The van der Waals surface area contributed by atoms with E-state index in [1.54, 1.807) is 0 Å². The van der Waals surface area contributed by atoms with E-state index in [4.69, 9.17) is 0 Å². The van der Waals surface area contributed by atoms with Gasteiger partial charge in [-0.3, -0.25) is 4.79 Å². The van der Waals surface area contributed by atoms with Crippen LogP contribution in [-0.2, 0) is 11.2 Å². The number of nitrogens with one attached hydrogen (secondary N) is 1. The van der Waals surface area contributed by atoms with Crippen molar-refractivity contribution in [3.63, 3.8) is 0 Å². The average Bonchev–Trinajstić information content (AvgIpc) is 2.98. The van der Waals surface area contributed by atoms with Crippen molar-refractivity contribution in [3.05, 3.63) is 29.3 Å². The van der Waals surface area contributed by atoms with E-state index in [1.807, 2.05) is 6.07 Å². The Morgan fingerprint density at radius 2 is 2.20 bits per heavy atom. The van der Waals surface area contributed by atoms with Gasteiger partial charge in [0, 0.05) is 10.5 Å². The van der Waals surface area contributed by atoms with Crippen molar-refractivity contribution < 1.29 is 4.79 Å². The summed E-state index contributed by atoms with van der Waals surface area (Å²) in [5, 5.41) is 2.85. The van der Waals surface area contributed by atoms with Gasteiger partial charge in [0.15, 0.2) is 0 Å². The van der Waals surface area contributed by atoms with Gasteiger partial charge in [-0.2, -0.15) is 0 Å². The van der Waals surface area contributed by atoms with E-state index >= 15 is 0 Å². The highest BCUT2D eigenvalue weighted by Crippen LogP contribution is 2.46. The zero-order valence-electron chi connectivity index (χ0n) is 8.29. The molecule has 0 radical (unpaired) electrons. The molecule has 1 unspecified atom stereocenters. The molecule has 0 bridgehead atoms. The fraction of sp³-hybridized carbons (Fsp3) is 0.417. The molecule has 1 heterocycles. The molecule has 1 fully saturated rings. The Hall–Kier alpha value is -0.830. The summed E-state index contributed by atoms with van der Waals surface area (Å²) in [7, 11) is 0. The van der Waals surface area contributed by atoms with E-state index in [1.165, 1.54) is 18.4 Å². The van der Waals surface area contributed by atoms with Gasteiger partial charge in [0.05, 0.1) is 6.42 Å². The molecule has 1 aromatic rings. The monoisotopic (exact) mass is 265 g/mol. The van der Waals surface area contributed by atoms with Crippen LogP contribution in [0.4, 0.5) is 5.69 Å². The summed E-state index contributed by atoms with van der Waals surface area (Å²) < 4.78 is 0. The minimum absolute atomic E-state index is 0.111. The first-order valence-electron chi connectivity index (χ1n) is 5.31. The number of rotatable bonds is 2. The second kappa shape index (κ2) is 3.34. The van der Waals surface area contributed by atoms with Crippen molar-refractivity contribution >= 4 is 27.5 Å². The van der Waals surface area contributed by atoms with Crippen LogP contribution < -0.4 is 5.32 Å². The number of alkyl halides is 1. The van der Waals surface area contributed by atoms with Gasteiger partial charge in [-0.25, -0.2) is 0 Å². The molecule has 0 aromatic heterocycles. The number of halogens is 1. The second-order valence-electron chi connectivity index (χ2n) is 4.38. The summed E-state index contributed by atoms with van der Waals surface area (Å²) in [6, 6.07) is 6.29. The van der Waals surface area contributed by atoms with Crippen LogP contribution in [0.3, 0.4) is 0 Å². The summed E-state index contributed by atoms with van der Waals surface area (Å²) >= 11 is 3.73. The van der Waals surface area contributed by atoms with Crippen LogP contribution in [0.25, 0.3) is 0 Å². The molecule has 0 saturated heterocycles. The first kappa shape index (κ1) is 9.40. The number of anilines is 1. The molecule has 3 heteroatoms. The SMILES string of the molecule is O=C1Cc2cc(C(Br)C3CC3)ccc2N1. The summed E-state index contributed by atoms with van der Waals surface area (Å²) in [5.74, 6) is 0.910. The minimum atomic E-state index is 0.111. The van der Waals surface area contributed by atoms with Crippen molar-refractivity contribution in [2.24, 2.45) is 5.92 Å². The highest BCUT2D eigenvalue weighted by atomic mass is 79.9. The van der Waals surface area contributed by atoms with Gasteiger partial charge in [0.1, 0.15) is 0 Å². The maximum Gasteiger partial charge on any atom is 0.228 e. The molecule has 1 atom stereocenters. The molecule has 1 amide bonds. The number of amides is 1. The zero-order chi connectivity index (χ0) is 10.4. The molecule has 1 aliphatic heterocycles. The summed E-state index contributed by atoms with van der Waals surface area (Å²) in [4.78, 5) is 11.7. The van der Waals surface area contributed by atoms with Crippen molar-refractivity contribution in [2.75, 3.05) is 5.32 Å². The maximum absolute atomic E-state index is 11.2. The Bertz CT molecular complexity index is 426. The largest absolute Gasteiger partial charge is 0.326 e. The third-order valence-electron chi connectivity index (χ3n) is 3.11. The van der Waals surface area contributed by atoms with E-state index in [2.05, 4.69) is 33.4 Å². The predicted octanol–water partition coefficient (Wildman–Crippen LogP) is 3.03. The fourth-order valence-electron chi connectivity index (χ4n) is 2.08. The average molecular weight is 266 g/mol. The highest BCUT2D eigenvalue weighted by Gasteiger charge is 2.31. The second-order valence-corrected chi connectivity index (χ2v) is 5.37. The first-order valence-corrected chi connectivity index (χ1v) is 6.22. The number of fused-ring (bicyclic) bond motifs is 1. The Kier molecular flexibility index (Phi) is 2.09. The van der Waals surface area contributed by atoms with Gasteiger partial charge in [-0.15, -0.1) is 0 Å². The zero-order valence-corrected chi connectivity index (χ0v) is 9.88. The Morgan fingerprint density at radius 3 is 2.93 bits per heavy atom. The van der Waals surface area contributed by atoms with E-state index in [0.717, 1.165) is 17.2 Å². The van der Waals surface area contributed by atoms with Crippen LogP contribution in [-0.4, -0.2) is 5.91 Å². The molecule has 2 nitrogen and oxygen atoms in total. The van der Waals surface area contributed by atoms with Gasteiger partial charge in [0.2, 0.25) is 5.91 Å². The maximum atomic E-state index is 11.2. The molecule has 1 aliphatic carbocycles. The van der Waals surface area contributed by atoms with Crippen molar-refractivity contribution in [1.29, 1.82) is 0 Å². The topological polar surface area (TPSA) is 29.1 Å². The Labute approximate surface area is 97.2 Å². The lowest BCUT2D eigenvalue weighted by Crippen LogP contribution is -2.03. The lowest BCUT2D eigenvalue weighted by molar-refractivity contribution is -0.115. The van der Waals surface area contributed by atoms with Gasteiger partial charge in [-0.1, -0.05) is 28.1 Å². The third-order valence-corrected chi connectivity index (χ3v) is 4.39. The summed E-state index contributed by atoms with van der Waals surface area (Å²) in [5.41, 5.74) is 3.44. The quantitative estimate of drug-likeness (QED) is 0.819. The highest BCUT2D eigenvalue weighted by molar-refractivity contribution is 9.09. The van der Waals surface area contributed by atoms with E-state index < -0.39 is 0 Å². The Morgan fingerprint density at radius 1 is 1.40 bits per heavy atom. The number of hydrogen-bond acceptors (Lipinski definition) is 1. The standard InChI is InChI=1S/C12H12BrNO/c13-12(7-1-2-7)8-3-4-10-9(5-8)6-11(15)14-10/h3-5,7,12H,1-2,6H2,(H,14,15). The molecule has 1 saturated carbocycles. The molecule has 78 valence electrons. The smallest absolute Gasteiger partial charge is 0.228 e. The first-order chi connectivity index (χ1) is 7.24. The molecule has 0 spiro atoms. The van der Waals surface area contributed by atoms with Crippen molar-refractivity contribution in [3.8, 4) is 0 Å². The van der Waals surface area contributed by atoms with E-state index in [-0.39, 0.29) is 5.91 Å². The molecular weight excluding hydrogens is 254 g/mol. The van der Waals surface area contributed by atoms with Crippen LogP contribution >= 0.6 is 15.9 Å². The molecule has 2 aliphatic rings. The fourth-order valence-corrected chi connectivity index (χ4v) is 2.90. The van der Waals surface area contributed by atoms with Gasteiger partial charge in [-0.05, 0) is 36.0 Å². The van der Waals surface area contributed by atoms with Gasteiger partial charge in [0.25, 0.3) is 0 Å². The van der Waals surface area contributed by atoms with E-state index in [0.29, 0.717) is 11.2 Å². The van der Waals surface area contributed by atoms with Crippen LogP contribution in [0.1, 0.15) is 28.8 Å². The minimum Gasteiger partial charge on any atom is -0.326 e. The number of hydrogen-bond donors (Lipinski definition) is 1. The molecule has 15 heavy (non-hydrogen) atoms.